The number of hydrogen-bond donors (Lipinski definition) is 2. The summed E-state index contributed by atoms with van der Waals surface area (Å²) in [7, 11) is 0. The molecular formula is C13H15N3S. The molecule has 0 unspecified atom stereocenters. The van der Waals surface area contributed by atoms with Crippen molar-refractivity contribution in [2.24, 2.45) is 10.7 Å². The van der Waals surface area contributed by atoms with E-state index in [0.717, 1.165) is 0 Å². The predicted octanol–water partition coefficient (Wildman–Crippen LogP) is 2.47. The molecule has 3 N–H and O–H groups in total. The van der Waals surface area contributed by atoms with Gasteiger partial charge >= 0.3 is 0 Å². The lowest BCUT2D eigenvalue weighted by molar-refractivity contribution is 0.881. The fraction of sp³-hybridized carbons (Fsp3) is 0.308. The minimum atomic E-state index is 0.571. The normalized spacial score (nSPS) is 16.4. The molecule has 0 radical (unpaired) electrons. The molecule has 3 rings (SSSR count). The molecule has 1 fully saturated rings. The third-order valence-corrected chi connectivity index (χ3v) is 3.91. The van der Waals surface area contributed by atoms with E-state index in [2.05, 4.69) is 40.6 Å². The quantitative estimate of drug-likeness (QED) is 0.644. The van der Waals surface area contributed by atoms with Crippen LogP contribution in [0.2, 0.25) is 0 Å². The average molecular weight is 245 g/mol. The second-order valence-corrected chi connectivity index (χ2v) is 5.54. The van der Waals surface area contributed by atoms with E-state index in [-0.39, 0.29) is 0 Å². The van der Waals surface area contributed by atoms with Gasteiger partial charge in [-0.05, 0) is 30.4 Å². The fourth-order valence-electron chi connectivity index (χ4n) is 1.76. The first-order valence-electron chi connectivity index (χ1n) is 5.85. The van der Waals surface area contributed by atoms with E-state index in [1.807, 2.05) is 0 Å². The van der Waals surface area contributed by atoms with Gasteiger partial charge in [-0.2, -0.15) is 0 Å². The highest BCUT2D eigenvalue weighted by Gasteiger charge is 2.21. The molecule has 1 heterocycles. The van der Waals surface area contributed by atoms with Crippen LogP contribution < -0.4 is 11.1 Å². The lowest BCUT2D eigenvalue weighted by Gasteiger charge is -2.01. The maximum absolute atomic E-state index is 5.80. The van der Waals surface area contributed by atoms with Crippen LogP contribution in [-0.2, 0) is 6.54 Å². The summed E-state index contributed by atoms with van der Waals surface area (Å²) in [6.07, 6.45) is 2.44. The second kappa shape index (κ2) is 4.37. The Morgan fingerprint density at radius 2 is 2.24 bits per heavy atom. The van der Waals surface area contributed by atoms with Gasteiger partial charge in [0.15, 0.2) is 5.96 Å². The fourth-order valence-corrected chi connectivity index (χ4v) is 2.75. The number of hydrogen-bond acceptors (Lipinski definition) is 2. The van der Waals surface area contributed by atoms with E-state index in [9.17, 15) is 0 Å². The van der Waals surface area contributed by atoms with Crippen LogP contribution in [0, 0.1) is 0 Å². The zero-order valence-electron chi connectivity index (χ0n) is 9.52. The highest BCUT2D eigenvalue weighted by molar-refractivity contribution is 7.19. The topological polar surface area (TPSA) is 50.4 Å². The largest absolute Gasteiger partial charge is 0.370 e. The molecule has 0 aliphatic heterocycles. The van der Waals surface area contributed by atoms with Gasteiger partial charge in [-0.1, -0.05) is 18.2 Å². The maximum atomic E-state index is 5.80. The molecule has 1 aromatic heterocycles. The number of benzene rings is 1. The Labute approximate surface area is 104 Å². The first-order chi connectivity index (χ1) is 8.31. The van der Waals surface area contributed by atoms with Crippen molar-refractivity contribution in [3.05, 3.63) is 35.2 Å². The van der Waals surface area contributed by atoms with E-state index >= 15 is 0 Å². The molecule has 17 heavy (non-hydrogen) atoms. The highest BCUT2D eigenvalue weighted by Crippen LogP contribution is 2.25. The minimum Gasteiger partial charge on any atom is -0.370 e. The lowest BCUT2D eigenvalue weighted by Crippen LogP contribution is -2.33. The summed E-state index contributed by atoms with van der Waals surface area (Å²) in [6.45, 7) is 0.672. The van der Waals surface area contributed by atoms with Gasteiger partial charge in [-0.15, -0.1) is 11.3 Å². The molecule has 88 valence electrons. The Bertz CT molecular complexity index is 522. The Morgan fingerprint density at radius 1 is 1.41 bits per heavy atom. The van der Waals surface area contributed by atoms with Crippen LogP contribution in [0.4, 0.5) is 0 Å². The van der Waals surface area contributed by atoms with Gasteiger partial charge in [-0.3, -0.25) is 0 Å². The second-order valence-electron chi connectivity index (χ2n) is 4.37. The van der Waals surface area contributed by atoms with Crippen molar-refractivity contribution in [3.8, 4) is 0 Å². The van der Waals surface area contributed by atoms with Gasteiger partial charge in [0.2, 0.25) is 0 Å². The summed E-state index contributed by atoms with van der Waals surface area (Å²) in [5, 5.41) is 4.48. The van der Waals surface area contributed by atoms with Gasteiger partial charge < -0.3 is 11.1 Å². The van der Waals surface area contributed by atoms with Crippen molar-refractivity contribution < 1.29 is 0 Å². The standard InChI is InChI=1S/C13H15N3S/c14-13(16-10-5-6-10)15-8-11-7-9-3-1-2-4-12(9)17-11/h1-4,7,10H,5-6,8H2,(H3,14,15,16). The summed E-state index contributed by atoms with van der Waals surface area (Å²) < 4.78 is 1.31. The van der Waals surface area contributed by atoms with E-state index in [1.165, 1.54) is 27.8 Å². The summed E-state index contributed by atoms with van der Waals surface area (Å²) in [5.41, 5.74) is 5.80. The van der Waals surface area contributed by atoms with Crippen LogP contribution in [0.25, 0.3) is 10.1 Å². The van der Waals surface area contributed by atoms with Gasteiger partial charge in [0, 0.05) is 15.6 Å². The summed E-state index contributed by atoms with van der Waals surface area (Å²) in [4.78, 5) is 5.62. The minimum absolute atomic E-state index is 0.571. The van der Waals surface area contributed by atoms with Crippen molar-refractivity contribution in [1.82, 2.24) is 5.32 Å². The molecule has 2 aromatic rings. The van der Waals surface area contributed by atoms with Crippen molar-refractivity contribution >= 4 is 27.4 Å². The number of nitrogens with zero attached hydrogens (tertiary/aromatic N) is 1. The number of rotatable bonds is 3. The Balaban J connectivity index is 1.71. The highest BCUT2D eigenvalue weighted by atomic mass is 32.1. The zero-order valence-corrected chi connectivity index (χ0v) is 10.3. The summed E-state index contributed by atoms with van der Waals surface area (Å²) in [5.74, 6) is 0.574. The monoisotopic (exact) mass is 245 g/mol. The summed E-state index contributed by atoms with van der Waals surface area (Å²) >= 11 is 1.78. The predicted molar refractivity (Wildman–Crippen MR) is 73.3 cm³/mol. The van der Waals surface area contributed by atoms with Gasteiger partial charge in [0.25, 0.3) is 0 Å². The number of aliphatic imine (C=N–C) groups is 1. The molecule has 1 aromatic carbocycles. The average Bonchev–Trinajstić information content (AvgIpc) is 3.03. The molecule has 3 nitrogen and oxygen atoms in total. The third kappa shape index (κ3) is 2.58. The first kappa shape index (κ1) is 10.6. The molecule has 1 aliphatic rings. The van der Waals surface area contributed by atoms with Crippen molar-refractivity contribution in [2.75, 3.05) is 0 Å². The number of nitrogens with one attached hydrogen (secondary N) is 1. The van der Waals surface area contributed by atoms with Crippen molar-refractivity contribution in [3.63, 3.8) is 0 Å². The van der Waals surface area contributed by atoms with E-state index in [1.54, 1.807) is 11.3 Å². The van der Waals surface area contributed by atoms with E-state index in [4.69, 9.17) is 5.73 Å². The molecule has 0 amide bonds. The zero-order chi connectivity index (χ0) is 11.7. The van der Waals surface area contributed by atoms with Crippen LogP contribution in [0.3, 0.4) is 0 Å². The van der Waals surface area contributed by atoms with Gasteiger partial charge in [0.1, 0.15) is 0 Å². The van der Waals surface area contributed by atoms with Gasteiger partial charge in [-0.25, -0.2) is 4.99 Å². The molecule has 4 heteroatoms. The molecular weight excluding hydrogens is 230 g/mol. The van der Waals surface area contributed by atoms with E-state index < -0.39 is 0 Å². The van der Waals surface area contributed by atoms with Crippen molar-refractivity contribution in [2.45, 2.75) is 25.4 Å². The smallest absolute Gasteiger partial charge is 0.189 e. The van der Waals surface area contributed by atoms with Crippen LogP contribution in [0.1, 0.15) is 17.7 Å². The van der Waals surface area contributed by atoms with Gasteiger partial charge in [0.05, 0.1) is 6.54 Å². The lowest BCUT2D eigenvalue weighted by atomic mass is 10.2. The maximum Gasteiger partial charge on any atom is 0.189 e. The first-order valence-corrected chi connectivity index (χ1v) is 6.67. The number of nitrogens with two attached hydrogens (primary N) is 1. The Morgan fingerprint density at radius 3 is 3.00 bits per heavy atom. The molecule has 0 spiro atoms. The Hall–Kier alpha value is -1.55. The van der Waals surface area contributed by atoms with Crippen LogP contribution in [0.5, 0.6) is 0 Å². The molecule has 0 saturated heterocycles. The van der Waals surface area contributed by atoms with Crippen LogP contribution in [-0.4, -0.2) is 12.0 Å². The molecule has 0 bridgehead atoms. The molecule has 0 atom stereocenters. The van der Waals surface area contributed by atoms with E-state index in [0.29, 0.717) is 18.5 Å². The molecule has 1 aliphatic carbocycles. The number of thiophene rings is 1. The van der Waals surface area contributed by atoms with Crippen LogP contribution >= 0.6 is 11.3 Å². The third-order valence-electron chi connectivity index (χ3n) is 2.81. The van der Waals surface area contributed by atoms with Crippen LogP contribution in [0.15, 0.2) is 35.3 Å². The SMILES string of the molecule is NC(=NCc1cc2ccccc2s1)NC1CC1. The van der Waals surface area contributed by atoms with Crippen molar-refractivity contribution in [1.29, 1.82) is 0 Å². The summed E-state index contributed by atoms with van der Waals surface area (Å²) in [6, 6.07) is 11.2. The number of guanidine groups is 1. The number of fused-ring (bicyclic) bond motifs is 1. The Kier molecular flexibility index (Phi) is 2.73. The molecule has 1 saturated carbocycles.